The van der Waals surface area contributed by atoms with Crippen molar-refractivity contribution in [2.45, 2.75) is 58.4 Å². The molecule has 1 amide bonds. The highest BCUT2D eigenvalue weighted by molar-refractivity contribution is 5.96. The van der Waals surface area contributed by atoms with Gasteiger partial charge in [-0.1, -0.05) is 26.0 Å². The van der Waals surface area contributed by atoms with Gasteiger partial charge in [0.25, 0.3) is 0 Å². The van der Waals surface area contributed by atoms with Crippen LogP contribution >= 0.6 is 0 Å². The second-order valence-corrected chi connectivity index (χ2v) is 9.91. The van der Waals surface area contributed by atoms with Crippen LogP contribution in [0.5, 0.6) is 5.75 Å². The van der Waals surface area contributed by atoms with Gasteiger partial charge in [0.1, 0.15) is 11.8 Å². The number of nitrogens with one attached hydrogen (secondary N) is 1. The van der Waals surface area contributed by atoms with Crippen LogP contribution in [-0.4, -0.2) is 23.9 Å². The van der Waals surface area contributed by atoms with Crippen molar-refractivity contribution >= 4 is 22.7 Å². The lowest BCUT2D eigenvalue weighted by atomic mass is 9.92. The maximum Gasteiger partial charge on any atom is 0.411 e. The first-order chi connectivity index (χ1) is 16.5. The standard InChI is InChI=1S/C28H31N3O3/c1-3-15-33-22-11-12-23-24(17-29)26(31(25(23)16-22)21-5-4-6-21)19-7-9-20(10-8-19)30-27(32)34-18-28(2)13-14-28/h7-12,16,21H,3-6,13-15,18H2,1-2H3,(H,30,32). The molecule has 34 heavy (non-hydrogen) atoms. The van der Waals surface area contributed by atoms with E-state index in [2.05, 4.69) is 35.9 Å². The molecule has 0 unspecified atom stereocenters. The molecular formula is C28H31N3O3. The van der Waals surface area contributed by atoms with Gasteiger partial charge < -0.3 is 14.0 Å². The molecule has 176 valence electrons. The van der Waals surface area contributed by atoms with Crippen molar-refractivity contribution in [1.29, 1.82) is 5.26 Å². The number of nitriles is 1. The molecule has 0 spiro atoms. The molecule has 1 aromatic heterocycles. The Hall–Kier alpha value is -3.46. The number of aromatic nitrogens is 1. The van der Waals surface area contributed by atoms with Gasteiger partial charge in [-0.15, -0.1) is 0 Å². The summed E-state index contributed by atoms with van der Waals surface area (Å²) in [5.74, 6) is 0.835. The molecule has 0 bridgehead atoms. The molecule has 3 aromatic rings. The summed E-state index contributed by atoms with van der Waals surface area (Å²) in [7, 11) is 0. The molecule has 2 fully saturated rings. The molecule has 0 atom stereocenters. The third-order valence-electron chi connectivity index (χ3n) is 7.06. The van der Waals surface area contributed by atoms with Crippen molar-refractivity contribution in [3.8, 4) is 23.1 Å². The smallest absolute Gasteiger partial charge is 0.411 e. The highest BCUT2D eigenvalue weighted by atomic mass is 16.5. The number of hydrogen-bond acceptors (Lipinski definition) is 4. The Morgan fingerprint density at radius 2 is 1.97 bits per heavy atom. The molecule has 0 saturated heterocycles. The third-order valence-corrected chi connectivity index (χ3v) is 7.06. The largest absolute Gasteiger partial charge is 0.494 e. The fraction of sp³-hybridized carbons (Fsp3) is 0.429. The fourth-order valence-corrected chi connectivity index (χ4v) is 4.48. The van der Waals surface area contributed by atoms with Crippen LogP contribution in [-0.2, 0) is 4.74 Å². The minimum Gasteiger partial charge on any atom is -0.494 e. The van der Waals surface area contributed by atoms with Crippen molar-refractivity contribution in [2.24, 2.45) is 5.41 Å². The quantitative estimate of drug-likeness (QED) is 0.393. The predicted molar refractivity (Wildman–Crippen MR) is 133 cm³/mol. The van der Waals surface area contributed by atoms with E-state index in [0.29, 0.717) is 30.5 Å². The molecule has 6 nitrogen and oxygen atoms in total. The number of amides is 1. The van der Waals surface area contributed by atoms with Gasteiger partial charge in [-0.3, -0.25) is 5.32 Å². The van der Waals surface area contributed by atoms with Crippen LogP contribution in [0.1, 0.15) is 64.0 Å². The average Bonchev–Trinajstić information content (AvgIpc) is 3.47. The monoisotopic (exact) mass is 457 g/mol. The van der Waals surface area contributed by atoms with E-state index in [1.807, 2.05) is 36.4 Å². The number of carbonyl (C=O) groups is 1. The number of nitrogens with zero attached hydrogens (tertiary/aromatic N) is 2. The van der Waals surface area contributed by atoms with Crippen LogP contribution in [0.15, 0.2) is 42.5 Å². The minimum absolute atomic E-state index is 0.158. The number of benzene rings is 2. The highest BCUT2D eigenvalue weighted by Crippen LogP contribution is 2.45. The molecule has 1 heterocycles. The number of fused-ring (bicyclic) bond motifs is 1. The van der Waals surface area contributed by atoms with E-state index in [9.17, 15) is 10.1 Å². The number of anilines is 1. The topological polar surface area (TPSA) is 76.3 Å². The van der Waals surface area contributed by atoms with Crippen molar-refractivity contribution in [2.75, 3.05) is 18.5 Å². The summed E-state index contributed by atoms with van der Waals surface area (Å²) in [6.45, 7) is 5.34. The van der Waals surface area contributed by atoms with Gasteiger partial charge in [0, 0.05) is 28.6 Å². The summed E-state index contributed by atoms with van der Waals surface area (Å²) < 4.78 is 13.6. The maximum absolute atomic E-state index is 12.2. The van der Waals surface area contributed by atoms with E-state index in [0.717, 1.165) is 60.0 Å². The Kier molecular flexibility index (Phi) is 5.95. The number of carbonyl (C=O) groups excluding carboxylic acids is 1. The van der Waals surface area contributed by atoms with Crippen molar-refractivity contribution in [3.63, 3.8) is 0 Å². The second kappa shape index (κ2) is 9.06. The van der Waals surface area contributed by atoms with E-state index in [1.54, 1.807) is 0 Å². The van der Waals surface area contributed by atoms with Gasteiger partial charge in [0.2, 0.25) is 0 Å². The third kappa shape index (κ3) is 4.35. The van der Waals surface area contributed by atoms with Gasteiger partial charge in [-0.25, -0.2) is 4.79 Å². The van der Waals surface area contributed by atoms with Gasteiger partial charge in [-0.2, -0.15) is 5.26 Å². The first kappa shape index (κ1) is 22.3. The molecule has 2 saturated carbocycles. The average molecular weight is 458 g/mol. The van der Waals surface area contributed by atoms with Crippen LogP contribution in [0.25, 0.3) is 22.2 Å². The van der Waals surface area contributed by atoms with Gasteiger partial charge >= 0.3 is 6.09 Å². The number of hydrogen-bond donors (Lipinski definition) is 1. The fourth-order valence-electron chi connectivity index (χ4n) is 4.48. The Labute approximate surface area is 200 Å². The summed E-state index contributed by atoms with van der Waals surface area (Å²) in [5, 5.41) is 13.9. The van der Waals surface area contributed by atoms with Crippen LogP contribution in [0.3, 0.4) is 0 Å². The first-order valence-electron chi connectivity index (χ1n) is 12.3. The zero-order valence-corrected chi connectivity index (χ0v) is 19.9. The zero-order chi connectivity index (χ0) is 23.7. The number of ether oxygens (including phenoxy) is 2. The van der Waals surface area contributed by atoms with Gasteiger partial charge in [0.15, 0.2) is 0 Å². The Morgan fingerprint density at radius 3 is 2.59 bits per heavy atom. The Morgan fingerprint density at radius 1 is 1.21 bits per heavy atom. The highest BCUT2D eigenvalue weighted by Gasteiger charge is 2.38. The van der Waals surface area contributed by atoms with Crippen LogP contribution in [0.4, 0.5) is 10.5 Å². The summed E-state index contributed by atoms with van der Waals surface area (Å²) in [5.41, 5.74) is 4.46. The molecule has 0 aliphatic heterocycles. The van der Waals surface area contributed by atoms with Crippen molar-refractivity contribution in [3.05, 3.63) is 48.0 Å². The van der Waals surface area contributed by atoms with Gasteiger partial charge in [-0.05, 0) is 68.4 Å². The summed E-state index contributed by atoms with van der Waals surface area (Å²) in [6.07, 6.45) is 6.14. The maximum atomic E-state index is 12.2. The van der Waals surface area contributed by atoms with E-state index >= 15 is 0 Å². The van der Waals surface area contributed by atoms with E-state index in [4.69, 9.17) is 9.47 Å². The second-order valence-electron chi connectivity index (χ2n) is 9.91. The molecule has 5 rings (SSSR count). The Bertz CT molecular complexity index is 1240. The van der Waals surface area contributed by atoms with Crippen LogP contribution in [0, 0.1) is 16.7 Å². The van der Waals surface area contributed by atoms with Crippen LogP contribution in [0.2, 0.25) is 0 Å². The van der Waals surface area contributed by atoms with Crippen LogP contribution < -0.4 is 10.1 Å². The molecular weight excluding hydrogens is 426 g/mol. The molecule has 2 aromatic carbocycles. The SMILES string of the molecule is CCCOc1ccc2c(C#N)c(-c3ccc(NC(=O)OCC4(C)CC4)cc3)n(C3CCC3)c2c1. The lowest BCUT2D eigenvalue weighted by Crippen LogP contribution is -2.18. The minimum atomic E-state index is -0.429. The summed E-state index contributed by atoms with van der Waals surface area (Å²) in [6, 6.07) is 16.5. The lowest BCUT2D eigenvalue weighted by molar-refractivity contribution is 0.139. The summed E-state index contributed by atoms with van der Waals surface area (Å²) in [4.78, 5) is 12.2. The number of rotatable bonds is 8. The predicted octanol–water partition coefficient (Wildman–Crippen LogP) is 7.04. The lowest BCUT2D eigenvalue weighted by Gasteiger charge is -2.30. The van der Waals surface area contributed by atoms with Crippen molar-refractivity contribution in [1.82, 2.24) is 4.57 Å². The normalized spacial score (nSPS) is 16.5. The van der Waals surface area contributed by atoms with E-state index in [1.165, 1.54) is 6.42 Å². The molecule has 1 N–H and O–H groups in total. The zero-order valence-electron chi connectivity index (χ0n) is 19.9. The molecule has 6 heteroatoms. The Balaban J connectivity index is 1.46. The first-order valence-corrected chi connectivity index (χ1v) is 12.3. The molecule has 0 radical (unpaired) electrons. The van der Waals surface area contributed by atoms with Crippen molar-refractivity contribution < 1.29 is 14.3 Å². The van der Waals surface area contributed by atoms with Gasteiger partial charge in [0.05, 0.1) is 30.0 Å². The van der Waals surface area contributed by atoms with E-state index in [-0.39, 0.29) is 5.41 Å². The molecule has 2 aliphatic carbocycles. The van der Waals surface area contributed by atoms with E-state index < -0.39 is 6.09 Å². The molecule has 2 aliphatic rings. The summed E-state index contributed by atoms with van der Waals surface area (Å²) >= 11 is 0.